The Hall–Kier alpha value is -2.62. The molecule has 4 heteroatoms. The van der Waals surface area contributed by atoms with Crippen molar-refractivity contribution < 1.29 is 14.7 Å². The smallest absolute Gasteiger partial charge is 0.303 e. The molecule has 4 nitrogen and oxygen atoms in total. The first-order valence-corrected chi connectivity index (χ1v) is 8.26. The Bertz CT molecular complexity index is 665. The third-order valence-electron chi connectivity index (χ3n) is 4.00. The number of rotatable bonds is 8. The Labute approximate surface area is 142 Å². The molecule has 0 aromatic heterocycles. The number of nitrogens with one attached hydrogen (secondary N) is 1. The first-order valence-electron chi connectivity index (χ1n) is 8.26. The van der Waals surface area contributed by atoms with E-state index in [2.05, 4.69) is 5.32 Å². The van der Waals surface area contributed by atoms with Gasteiger partial charge in [-0.05, 0) is 42.5 Å². The van der Waals surface area contributed by atoms with Crippen molar-refractivity contribution in [1.29, 1.82) is 0 Å². The summed E-state index contributed by atoms with van der Waals surface area (Å²) in [5.74, 6) is -0.950. The van der Waals surface area contributed by atoms with Crippen molar-refractivity contribution in [1.82, 2.24) is 0 Å². The van der Waals surface area contributed by atoms with E-state index in [1.54, 1.807) is 0 Å². The molecule has 1 unspecified atom stereocenters. The molecule has 2 rings (SSSR count). The van der Waals surface area contributed by atoms with Gasteiger partial charge in [0, 0.05) is 12.1 Å². The molecule has 2 N–H and O–H groups in total. The number of anilines is 1. The molecule has 0 spiro atoms. The van der Waals surface area contributed by atoms with Gasteiger partial charge in [0.2, 0.25) is 5.91 Å². The summed E-state index contributed by atoms with van der Waals surface area (Å²) < 4.78 is 0. The number of carbonyl (C=O) groups is 2. The van der Waals surface area contributed by atoms with Crippen molar-refractivity contribution in [3.05, 3.63) is 65.7 Å². The highest BCUT2D eigenvalue weighted by molar-refractivity contribution is 5.95. The zero-order valence-corrected chi connectivity index (χ0v) is 13.9. The van der Waals surface area contributed by atoms with Gasteiger partial charge >= 0.3 is 5.97 Å². The average molecular weight is 325 g/mol. The van der Waals surface area contributed by atoms with Crippen LogP contribution in [0.15, 0.2) is 54.6 Å². The summed E-state index contributed by atoms with van der Waals surface area (Å²) in [7, 11) is 0. The quantitative estimate of drug-likeness (QED) is 0.763. The molecule has 0 bridgehead atoms. The lowest BCUT2D eigenvalue weighted by Crippen LogP contribution is -2.20. The number of carboxylic acids is 1. The minimum atomic E-state index is -0.773. The highest BCUT2D eigenvalue weighted by Crippen LogP contribution is 2.22. The lowest BCUT2D eigenvalue weighted by Gasteiger charge is -2.15. The molecule has 0 saturated heterocycles. The molecule has 126 valence electrons. The second-order valence-electron chi connectivity index (χ2n) is 5.80. The summed E-state index contributed by atoms with van der Waals surface area (Å²) in [5, 5.41) is 11.6. The summed E-state index contributed by atoms with van der Waals surface area (Å²) in [5.41, 5.74) is 2.85. The highest BCUT2D eigenvalue weighted by atomic mass is 16.4. The zero-order chi connectivity index (χ0) is 17.4. The predicted octanol–water partition coefficient (Wildman–Crippen LogP) is 4.23. The normalized spacial score (nSPS) is 11.7. The Kier molecular flexibility index (Phi) is 6.55. The number of hydrogen-bond acceptors (Lipinski definition) is 2. The average Bonchev–Trinajstić information content (AvgIpc) is 2.58. The molecule has 2 aromatic rings. The van der Waals surface area contributed by atoms with E-state index in [-0.39, 0.29) is 18.2 Å². The zero-order valence-electron chi connectivity index (χ0n) is 13.9. The van der Waals surface area contributed by atoms with Crippen molar-refractivity contribution in [3.8, 4) is 0 Å². The van der Waals surface area contributed by atoms with Crippen molar-refractivity contribution in [2.45, 2.75) is 38.5 Å². The molecule has 0 aliphatic rings. The fourth-order valence-electron chi connectivity index (χ4n) is 2.69. The summed E-state index contributed by atoms with van der Waals surface area (Å²) in [6.45, 7) is 2.00. The van der Waals surface area contributed by atoms with Gasteiger partial charge < -0.3 is 10.4 Å². The maximum atomic E-state index is 12.5. The van der Waals surface area contributed by atoms with Crippen LogP contribution in [0.4, 0.5) is 5.69 Å². The lowest BCUT2D eigenvalue weighted by molar-refractivity contribution is -0.137. The summed E-state index contributed by atoms with van der Waals surface area (Å²) >= 11 is 0. The number of aryl methyl sites for hydroxylation is 1. The van der Waals surface area contributed by atoms with E-state index in [4.69, 9.17) is 5.11 Å². The van der Waals surface area contributed by atoms with Crippen LogP contribution in [0.3, 0.4) is 0 Å². The highest BCUT2D eigenvalue weighted by Gasteiger charge is 2.18. The topological polar surface area (TPSA) is 66.4 Å². The number of carbonyl (C=O) groups excluding carboxylic acids is 1. The third kappa shape index (κ3) is 5.23. The predicted molar refractivity (Wildman–Crippen MR) is 95.1 cm³/mol. The van der Waals surface area contributed by atoms with Crippen molar-refractivity contribution in [3.63, 3.8) is 0 Å². The minimum absolute atomic E-state index is 0.0117. The molecule has 0 heterocycles. The van der Waals surface area contributed by atoms with E-state index in [0.29, 0.717) is 6.42 Å². The standard InChI is InChI=1S/C20H23NO3/c1-2-18(16-8-4-3-5-9-16)20(24)21-17-13-11-15(12-14-17)7-6-10-19(22)23/h3-5,8-9,11-14,18H,2,6-7,10H2,1H3,(H,21,24)(H,22,23). The Morgan fingerprint density at radius 2 is 1.71 bits per heavy atom. The number of carboxylic acid groups (broad SMARTS) is 1. The fraction of sp³-hybridized carbons (Fsp3) is 0.300. The first kappa shape index (κ1) is 17.7. The van der Waals surface area contributed by atoms with E-state index >= 15 is 0 Å². The monoisotopic (exact) mass is 325 g/mol. The molecule has 2 aromatic carbocycles. The van der Waals surface area contributed by atoms with Crippen LogP contribution in [0.1, 0.15) is 43.2 Å². The van der Waals surface area contributed by atoms with Crippen molar-refractivity contribution in [2.75, 3.05) is 5.32 Å². The largest absolute Gasteiger partial charge is 0.481 e. The van der Waals surface area contributed by atoms with Gasteiger partial charge in [0.15, 0.2) is 0 Å². The molecule has 24 heavy (non-hydrogen) atoms. The molecule has 0 saturated carbocycles. The molecule has 1 atom stereocenters. The lowest BCUT2D eigenvalue weighted by atomic mass is 9.95. The van der Waals surface area contributed by atoms with Gasteiger partial charge in [-0.1, -0.05) is 49.4 Å². The van der Waals surface area contributed by atoms with E-state index < -0.39 is 5.97 Å². The van der Waals surface area contributed by atoms with Crippen LogP contribution < -0.4 is 5.32 Å². The minimum Gasteiger partial charge on any atom is -0.481 e. The summed E-state index contributed by atoms with van der Waals surface area (Å²) in [4.78, 5) is 23.0. The second-order valence-corrected chi connectivity index (χ2v) is 5.80. The van der Waals surface area contributed by atoms with Crippen LogP contribution in [0.2, 0.25) is 0 Å². The summed E-state index contributed by atoms with van der Waals surface area (Å²) in [6.07, 6.45) is 2.26. The molecular formula is C20H23NO3. The van der Waals surface area contributed by atoms with Crippen LogP contribution >= 0.6 is 0 Å². The van der Waals surface area contributed by atoms with Crippen LogP contribution in [0, 0.1) is 0 Å². The van der Waals surface area contributed by atoms with E-state index in [1.165, 1.54) is 0 Å². The van der Waals surface area contributed by atoms with E-state index in [9.17, 15) is 9.59 Å². The fourth-order valence-corrected chi connectivity index (χ4v) is 2.69. The first-order chi connectivity index (χ1) is 11.6. The van der Waals surface area contributed by atoms with E-state index in [0.717, 1.165) is 29.7 Å². The van der Waals surface area contributed by atoms with Crippen LogP contribution in [0.5, 0.6) is 0 Å². The second kappa shape index (κ2) is 8.87. The number of amides is 1. The van der Waals surface area contributed by atoms with Gasteiger partial charge in [-0.2, -0.15) is 0 Å². The number of hydrogen-bond donors (Lipinski definition) is 2. The van der Waals surface area contributed by atoms with Crippen LogP contribution in [-0.4, -0.2) is 17.0 Å². The van der Waals surface area contributed by atoms with Crippen LogP contribution in [-0.2, 0) is 16.0 Å². The Morgan fingerprint density at radius 1 is 1.04 bits per heavy atom. The number of aliphatic carboxylic acids is 1. The molecular weight excluding hydrogens is 302 g/mol. The van der Waals surface area contributed by atoms with Gasteiger partial charge in [0.25, 0.3) is 0 Å². The third-order valence-corrected chi connectivity index (χ3v) is 4.00. The maximum absolute atomic E-state index is 12.5. The van der Waals surface area contributed by atoms with Gasteiger partial charge in [0.05, 0.1) is 5.92 Å². The van der Waals surface area contributed by atoms with Crippen molar-refractivity contribution >= 4 is 17.6 Å². The van der Waals surface area contributed by atoms with Crippen molar-refractivity contribution in [2.24, 2.45) is 0 Å². The number of benzene rings is 2. The van der Waals surface area contributed by atoms with Gasteiger partial charge in [-0.3, -0.25) is 9.59 Å². The van der Waals surface area contributed by atoms with Gasteiger partial charge in [-0.25, -0.2) is 0 Å². The van der Waals surface area contributed by atoms with Gasteiger partial charge in [-0.15, -0.1) is 0 Å². The Morgan fingerprint density at radius 3 is 2.29 bits per heavy atom. The van der Waals surface area contributed by atoms with Crippen LogP contribution in [0.25, 0.3) is 0 Å². The van der Waals surface area contributed by atoms with Gasteiger partial charge in [0.1, 0.15) is 0 Å². The maximum Gasteiger partial charge on any atom is 0.303 e. The van der Waals surface area contributed by atoms with E-state index in [1.807, 2.05) is 61.5 Å². The molecule has 1 amide bonds. The molecule has 0 radical (unpaired) electrons. The Balaban J connectivity index is 1.95. The molecule has 0 aliphatic carbocycles. The SMILES string of the molecule is CCC(C(=O)Nc1ccc(CCCC(=O)O)cc1)c1ccccc1. The summed E-state index contributed by atoms with van der Waals surface area (Å²) in [6, 6.07) is 17.4. The molecule has 0 aliphatic heterocycles. The molecule has 0 fully saturated rings.